The summed E-state index contributed by atoms with van der Waals surface area (Å²) in [6.45, 7) is -0.451. The van der Waals surface area contributed by atoms with Gasteiger partial charge in [-0.2, -0.15) is 0 Å². The van der Waals surface area contributed by atoms with Crippen molar-refractivity contribution < 1.29 is 24.1 Å². The molecule has 1 fully saturated rings. The van der Waals surface area contributed by atoms with E-state index in [1.54, 1.807) is 0 Å². The number of nitrogens with one attached hydrogen (secondary N) is 1. The minimum atomic E-state index is -1.13. The summed E-state index contributed by atoms with van der Waals surface area (Å²) >= 11 is 0. The van der Waals surface area contributed by atoms with Gasteiger partial charge in [0.25, 0.3) is 5.56 Å². The van der Waals surface area contributed by atoms with E-state index in [0.717, 1.165) is 6.07 Å². The van der Waals surface area contributed by atoms with E-state index in [-0.39, 0.29) is 11.3 Å². The Morgan fingerprint density at radius 1 is 1.65 bits per heavy atom. The number of aliphatic hydroxyl groups is 2. The fraction of sp³-hybridized carbons (Fsp3) is 0.462. The number of ether oxygens (including phenoxy) is 2. The first kappa shape index (κ1) is 14.7. The molecule has 2 unspecified atom stereocenters. The third kappa shape index (κ3) is 2.34. The Morgan fingerprint density at radius 3 is 2.90 bits per heavy atom. The lowest BCUT2D eigenvalue weighted by molar-refractivity contribution is -0.0248. The zero-order valence-electron chi connectivity index (χ0n) is 10.7. The summed E-state index contributed by atoms with van der Waals surface area (Å²) in [6.07, 6.45) is 1.28. The van der Waals surface area contributed by atoms with Crippen molar-refractivity contribution in [2.45, 2.75) is 24.4 Å². The Kier molecular flexibility index (Phi) is 4.20. The van der Waals surface area contributed by atoms with Crippen LogP contribution in [-0.4, -0.2) is 47.2 Å². The van der Waals surface area contributed by atoms with Gasteiger partial charge in [0.1, 0.15) is 35.9 Å². The first-order valence-corrected chi connectivity index (χ1v) is 5.90. The standard InChI is InChI=1S/C13H14FNO5/c1-3-7-10(6(14)4-9(17)15-7)12-13(19-2)11(18)8(5-16)20-12/h1,4,8,11-13,16,18H,5H2,2H3,(H,15,17)/t8-,11?,12+,13?/m1/s1. The molecule has 3 N–H and O–H groups in total. The Balaban J connectivity index is 2.51. The number of aromatic nitrogens is 1. The molecular weight excluding hydrogens is 269 g/mol. The quantitative estimate of drug-likeness (QED) is 0.638. The van der Waals surface area contributed by atoms with Crippen LogP contribution in [0, 0.1) is 18.2 Å². The number of rotatable bonds is 3. The van der Waals surface area contributed by atoms with Crippen LogP contribution in [0.3, 0.4) is 0 Å². The van der Waals surface area contributed by atoms with Crippen molar-refractivity contribution in [2.24, 2.45) is 0 Å². The molecule has 2 heterocycles. The highest BCUT2D eigenvalue weighted by Crippen LogP contribution is 2.37. The maximum Gasteiger partial charge on any atom is 0.251 e. The second-order valence-electron chi connectivity index (χ2n) is 4.38. The van der Waals surface area contributed by atoms with Crippen LogP contribution < -0.4 is 5.56 Å². The van der Waals surface area contributed by atoms with Gasteiger partial charge in [0, 0.05) is 13.2 Å². The van der Waals surface area contributed by atoms with Crippen LogP contribution >= 0.6 is 0 Å². The summed E-state index contributed by atoms with van der Waals surface area (Å²) in [7, 11) is 1.32. The number of H-pyrrole nitrogens is 1. The van der Waals surface area contributed by atoms with E-state index in [1.165, 1.54) is 7.11 Å². The summed E-state index contributed by atoms with van der Waals surface area (Å²) in [4.78, 5) is 13.5. The SMILES string of the molecule is C#Cc1[nH]c(=O)cc(F)c1[C@@H]1O[C@H](CO)C(O)C1OC. The van der Waals surface area contributed by atoms with Gasteiger partial charge in [0.15, 0.2) is 0 Å². The predicted molar refractivity (Wildman–Crippen MR) is 66.5 cm³/mol. The summed E-state index contributed by atoms with van der Waals surface area (Å²) < 4.78 is 24.5. The van der Waals surface area contributed by atoms with Gasteiger partial charge in [-0.25, -0.2) is 4.39 Å². The number of halogens is 1. The van der Waals surface area contributed by atoms with Crippen LogP contribution in [0.1, 0.15) is 17.4 Å². The molecule has 0 radical (unpaired) electrons. The molecule has 7 heteroatoms. The molecule has 108 valence electrons. The van der Waals surface area contributed by atoms with Crippen molar-refractivity contribution in [2.75, 3.05) is 13.7 Å². The lowest BCUT2D eigenvalue weighted by Gasteiger charge is -2.20. The van der Waals surface area contributed by atoms with Crippen LogP contribution in [0.2, 0.25) is 0 Å². The maximum atomic E-state index is 14.0. The number of terminal acetylenes is 1. The molecule has 6 nitrogen and oxygen atoms in total. The first-order chi connectivity index (χ1) is 9.53. The molecule has 20 heavy (non-hydrogen) atoms. The molecule has 0 spiro atoms. The van der Waals surface area contributed by atoms with Crippen LogP contribution in [0.15, 0.2) is 10.9 Å². The van der Waals surface area contributed by atoms with Gasteiger partial charge < -0.3 is 24.7 Å². The number of hydrogen-bond donors (Lipinski definition) is 3. The number of hydrogen-bond acceptors (Lipinski definition) is 5. The molecule has 0 bridgehead atoms. The first-order valence-electron chi connectivity index (χ1n) is 5.90. The fourth-order valence-electron chi connectivity index (χ4n) is 2.31. The van der Waals surface area contributed by atoms with Crippen LogP contribution in [-0.2, 0) is 9.47 Å². The molecule has 1 aromatic heterocycles. The molecule has 2 rings (SSSR count). The average molecular weight is 283 g/mol. The van der Waals surface area contributed by atoms with Gasteiger partial charge in [-0.1, -0.05) is 5.92 Å². The van der Waals surface area contributed by atoms with Crippen molar-refractivity contribution in [3.63, 3.8) is 0 Å². The van der Waals surface area contributed by atoms with Gasteiger partial charge in [0.05, 0.1) is 12.2 Å². The highest BCUT2D eigenvalue weighted by Gasteiger charge is 2.46. The van der Waals surface area contributed by atoms with E-state index in [2.05, 4.69) is 10.9 Å². The highest BCUT2D eigenvalue weighted by atomic mass is 19.1. The lowest BCUT2D eigenvalue weighted by atomic mass is 9.99. The van der Waals surface area contributed by atoms with Gasteiger partial charge in [-0.05, 0) is 0 Å². The van der Waals surface area contributed by atoms with Crippen LogP contribution in [0.5, 0.6) is 0 Å². The Morgan fingerprint density at radius 2 is 2.35 bits per heavy atom. The maximum absolute atomic E-state index is 14.0. The van der Waals surface area contributed by atoms with Crippen LogP contribution in [0.25, 0.3) is 0 Å². The molecular formula is C13H14FNO5. The number of aliphatic hydroxyl groups excluding tert-OH is 2. The molecule has 0 aliphatic carbocycles. The monoisotopic (exact) mass is 283 g/mol. The highest BCUT2D eigenvalue weighted by molar-refractivity contribution is 5.37. The summed E-state index contributed by atoms with van der Waals surface area (Å²) in [5, 5.41) is 19.1. The molecule has 1 aliphatic heterocycles. The predicted octanol–water partition coefficient (Wildman–Crippen LogP) is -0.697. The molecule has 1 saturated heterocycles. The average Bonchev–Trinajstić information content (AvgIpc) is 2.73. The van der Waals surface area contributed by atoms with Gasteiger partial charge in [0.2, 0.25) is 0 Å². The second kappa shape index (κ2) is 5.73. The normalized spacial score (nSPS) is 29.4. The van der Waals surface area contributed by atoms with Crippen molar-refractivity contribution in [1.29, 1.82) is 0 Å². The molecule has 1 aliphatic rings. The minimum absolute atomic E-state index is 0.0750. The third-order valence-corrected chi connectivity index (χ3v) is 3.25. The summed E-state index contributed by atoms with van der Waals surface area (Å²) in [6, 6.07) is 0.741. The van der Waals surface area contributed by atoms with Crippen molar-refractivity contribution in [1.82, 2.24) is 4.98 Å². The Labute approximate surface area is 114 Å². The Bertz CT molecular complexity index is 593. The van der Waals surface area contributed by atoms with Crippen LogP contribution in [0.4, 0.5) is 4.39 Å². The Hall–Kier alpha value is -1.72. The van der Waals surface area contributed by atoms with E-state index in [9.17, 15) is 14.3 Å². The molecule has 1 aromatic rings. The van der Waals surface area contributed by atoms with Gasteiger partial charge in [-0.15, -0.1) is 6.42 Å². The van der Waals surface area contributed by atoms with E-state index >= 15 is 0 Å². The number of aromatic amines is 1. The summed E-state index contributed by atoms with van der Waals surface area (Å²) in [5.74, 6) is 1.32. The molecule has 4 atom stereocenters. The minimum Gasteiger partial charge on any atom is -0.394 e. The topological polar surface area (TPSA) is 91.8 Å². The fourth-order valence-corrected chi connectivity index (χ4v) is 2.31. The lowest BCUT2D eigenvalue weighted by Crippen LogP contribution is -2.34. The zero-order valence-corrected chi connectivity index (χ0v) is 10.7. The van der Waals surface area contributed by atoms with Crippen molar-refractivity contribution in [3.05, 3.63) is 33.5 Å². The molecule has 0 aromatic carbocycles. The number of pyridine rings is 1. The smallest absolute Gasteiger partial charge is 0.251 e. The van der Waals surface area contributed by atoms with Gasteiger partial charge in [-0.3, -0.25) is 4.79 Å². The van der Waals surface area contributed by atoms with Crippen molar-refractivity contribution >= 4 is 0 Å². The van der Waals surface area contributed by atoms with E-state index in [4.69, 9.17) is 21.0 Å². The third-order valence-electron chi connectivity index (χ3n) is 3.25. The summed E-state index contributed by atoms with van der Waals surface area (Å²) in [5.41, 5.74) is -0.827. The van der Waals surface area contributed by atoms with E-state index < -0.39 is 42.4 Å². The number of methoxy groups -OCH3 is 1. The van der Waals surface area contributed by atoms with E-state index in [0.29, 0.717) is 0 Å². The second-order valence-corrected chi connectivity index (χ2v) is 4.38. The largest absolute Gasteiger partial charge is 0.394 e. The van der Waals surface area contributed by atoms with E-state index in [1.807, 2.05) is 0 Å². The van der Waals surface area contributed by atoms with Crippen molar-refractivity contribution in [3.8, 4) is 12.3 Å². The molecule has 0 saturated carbocycles. The van der Waals surface area contributed by atoms with Gasteiger partial charge >= 0.3 is 0 Å². The molecule has 0 amide bonds. The zero-order chi connectivity index (χ0) is 14.9.